The molecule has 5 heteroatoms. The van der Waals surface area contributed by atoms with Crippen molar-refractivity contribution in [2.45, 2.75) is 25.0 Å². The van der Waals surface area contributed by atoms with Gasteiger partial charge in [0, 0.05) is 26.2 Å². The van der Waals surface area contributed by atoms with Gasteiger partial charge in [0.2, 0.25) is 0 Å². The number of methoxy groups -OCH3 is 1. The van der Waals surface area contributed by atoms with Crippen molar-refractivity contribution in [1.82, 2.24) is 4.90 Å². The van der Waals surface area contributed by atoms with Crippen LogP contribution in [0.4, 0.5) is 4.39 Å². The van der Waals surface area contributed by atoms with Gasteiger partial charge in [-0.05, 0) is 25.0 Å². The first-order valence-corrected chi connectivity index (χ1v) is 6.45. The Labute approximate surface area is 112 Å². The van der Waals surface area contributed by atoms with Gasteiger partial charge in [-0.2, -0.15) is 0 Å². The number of hydrogen-bond acceptors (Lipinski definition) is 3. The second-order valence-corrected chi connectivity index (χ2v) is 4.75. The third-order valence-corrected chi connectivity index (χ3v) is 3.64. The Hall–Kier alpha value is -1.46. The van der Waals surface area contributed by atoms with Gasteiger partial charge in [-0.15, -0.1) is 0 Å². The number of amides is 1. The van der Waals surface area contributed by atoms with Crippen LogP contribution in [0.1, 0.15) is 23.2 Å². The minimum absolute atomic E-state index is 0.0918. The first-order valence-electron chi connectivity index (χ1n) is 6.45. The van der Waals surface area contributed by atoms with Gasteiger partial charge >= 0.3 is 0 Å². The number of likely N-dealkylation sites (tertiary alicyclic amines) is 1. The van der Waals surface area contributed by atoms with E-state index in [2.05, 4.69) is 0 Å². The third-order valence-electron chi connectivity index (χ3n) is 3.64. The van der Waals surface area contributed by atoms with Crippen LogP contribution in [0.3, 0.4) is 0 Å². The standard InChI is InChI=1S/C14H19FN2O2/c1-19-11-6-7-17(10(8-11)9-16)14(18)12-4-2-3-5-13(12)15/h2-5,10-11H,6-9,16H2,1H3. The van der Waals surface area contributed by atoms with E-state index < -0.39 is 5.82 Å². The van der Waals surface area contributed by atoms with Gasteiger partial charge in [0.05, 0.1) is 11.7 Å². The number of carbonyl (C=O) groups is 1. The molecule has 1 saturated heterocycles. The average Bonchev–Trinajstić information content (AvgIpc) is 2.46. The zero-order valence-electron chi connectivity index (χ0n) is 11.0. The summed E-state index contributed by atoms with van der Waals surface area (Å²) in [6.07, 6.45) is 1.58. The first kappa shape index (κ1) is 14.0. The molecule has 1 amide bonds. The Bertz CT molecular complexity index is 453. The van der Waals surface area contributed by atoms with E-state index in [9.17, 15) is 9.18 Å². The zero-order chi connectivity index (χ0) is 13.8. The van der Waals surface area contributed by atoms with Crippen molar-refractivity contribution in [3.8, 4) is 0 Å². The second kappa shape index (κ2) is 6.12. The van der Waals surface area contributed by atoms with Crippen LogP contribution in [0.2, 0.25) is 0 Å². The summed E-state index contributed by atoms with van der Waals surface area (Å²) in [7, 11) is 1.66. The van der Waals surface area contributed by atoms with Crippen LogP contribution in [0.15, 0.2) is 24.3 Å². The Kier molecular flexibility index (Phi) is 4.50. The highest BCUT2D eigenvalue weighted by molar-refractivity contribution is 5.94. The van der Waals surface area contributed by atoms with Crippen molar-refractivity contribution >= 4 is 5.91 Å². The van der Waals surface area contributed by atoms with E-state index in [0.29, 0.717) is 19.5 Å². The van der Waals surface area contributed by atoms with E-state index in [-0.39, 0.29) is 23.6 Å². The monoisotopic (exact) mass is 266 g/mol. The van der Waals surface area contributed by atoms with Crippen LogP contribution < -0.4 is 5.73 Å². The summed E-state index contributed by atoms with van der Waals surface area (Å²) in [4.78, 5) is 14.0. The maximum Gasteiger partial charge on any atom is 0.257 e. The van der Waals surface area contributed by atoms with E-state index in [1.807, 2.05) is 0 Å². The summed E-state index contributed by atoms with van der Waals surface area (Å²) in [5, 5.41) is 0. The van der Waals surface area contributed by atoms with E-state index in [1.54, 1.807) is 24.1 Å². The topological polar surface area (TPSA) is 55.6 Å². The predicted molar refractivity (Wildman–Crippen MR) is 70.3 cm³/mol. The van der Waals surface area contributed by atoms with Gasteiger partial charge in [0.1, 0.15) is 5.82 Å². The number of benzene rings is 1. The molecule has 0 aromatic heterocycles. The lowest BCUT2D eigenvalue weighted by molar-refractivity contribution is 0.0137. The van der Waals surface area contributed by atoms with Gasteiger partial charge in [-0.1, -0.05) is 12.1 Å². The molecule has 0 saturated carbocycles. The summed E-state index contributed by atoms with van der Waals surface area (Å²) in [5.41, 5.74) is 5.83. The summed E-state index contributed by atoms with van der Waals surface area (Å²) < 4.78 is 19.0. The van der Waals surface area contributed by atoms with Gasteiger partial charge < -0.3 is 15.4 Å². The molecular weight excluding hydrogens is 247 g/mol. The van der Waals surface area contributed by atoms with Crippen molar-refractivity contribution in [2.24, 2.45) is 5.73 Å². The Morgan fingerprint density at radius 1 is 1.53 bits per heavy atom. The molecule has 0 bridgehead atoms. The van der Waals surface area contributed by atoms with E-state index in [0.717, 1.165) is 6.42 Å². The number of nitrogens with two attached hydrogens (primary N) is 1. The minimum Gasteiger partial charge on any atom is -0.381 e. The minimum atomic E-state index is -0.489. The van der Waals surface area contributed by atoms with Crippen molar-refractivity contribution in [3.05, 3.63) is 35.6 Å². The molecule has 1 heterocycles. The number of ether oxygens (including phenoxy) is 1. The van der Waals surface area contributed by atoms with Crippen molar-refractivity contribution in [3.63, 3.8) is 0 Å². The highest BCUT2D eigenvalue weighted by atomic mass is 19.1. The molecule has 2 unspecified atom stereocenters. The smallest absolute Gasteiger partial charge is 0.257 e. The SMILES string of the molecule is COC1CCN(C(=O)c2ccccc2F)C(CN)C1. The summed E-state index contributed by atoms with van der Waals surface area (Å²) in [6.45, 7) is 0.910. The van der Waals surface area contributed by atoms with Crippen molar-refractivity contribution in [1.29, 1.82) is 0 Å². The fourth-order valence-electron chi connectivity index (χ4n) is 2.51. The average molecular weight is 266 g/mol. The fraction of sp³-hybridized carbons (Fsp3) is 0.500. The molecule has 1 aliphatic rings. The molecule has 1 aliphatic heterocycles. The van der Waals surface area contributed by atoms with Crippen LogP contribution in [-0.2, 0) is 4.74 Å². The van der Waals surface area contributed by atoms with Gasteiger partial charge in [-0.25, -0.2) is 4.39 Å². The summed E-state index contributed by atoms with van der Waals surface area (Å²) >= 11 is 0. The predicted octanol–water partition coefficient (Wildman–Crippen LogP) is 1.40. The number of carbonyl (C=O) groups excluding carboxylic acids is 1. The molecule has 0 aliphatic carbocycles. The maximum atomic E-state index is 13.7. The number of nitrogens with zero attached hydrogens (tertiary/aromatic N) is 1. The van der Waals surface area contributed by atoms with Crippen molar-refractivity contribution < 1.29 is 13.9 Å². The maximum absolute atomic E-state index is 13.7. The molecule has 4 nitrogen and oxygen atoms in total. The lowest BCUT2D eigenvalue weighted by Crippen LogP contribution is -2.51. The van der Waals surface area contributed by atoms with Crippen molar-refractivity contribution in [2.75, 3.05) is 20.2 Å². The molecule has 1 aromatic rings. The Morgan fingerprint density at radius 3 is 2.89 bits per heavy atom. The number of piperidine rings is 1. The Balaban J connectivity index is 2.17. The molecule has 104 valence electrons. The third kappa shape index (κ3) is 2.93. The lowest BCUT2D eigenvalue weighted by Gasteiger charge is -2.38. The number of hydrogen-bond donors (Lipinski definition) is 1. The van der Waals surface area contributed by atoms with Gasteiger partial charge in [-0.3, -0.25) is 4.79 Å². The molecule has 0 radical (unpaired) electrons. The van der Waals surface area contributed by atoms with Crippen LogP contribution >= 0.6 is 0 Å². The first-order chi connectivity index (χ1) is 9.17. The van der Waals surface area contributed by atoms with Crippen LogP contribution in [-0.4, -0.2) is 43.2 Å². The molecule has 0 spiro atoms. The molecule has 19 heavy (non-hydrogen) atoms. The number of halogens is 1. The van der Waals surface area contributed by atoms with E-state index in [1.165, 1.54) is 12.1 Å². The van der Waals surface area contributed by atoms with E-state index in [4.69, 9.17) is 10.5 Å². The summed E-state index contributed by atoms with van der Waals surface area (Å²) in [6, 6.07) is 5.95. The van der Waals surface area contributed by atoms with E-state index >= 15 is 0 Å². The second-order valence-electron chi connectivity index (χ2n) is 4.75. The van der Waals surface area contributed by atoms with Crippen LogP contribution in [0, 0.1) is 5.82 Å². The molecule has 1 fully saturated rings. The molecule has 2 atom stereocenters. The molecular formula is C14H19FN2O2. The van der Waals surface area contributed by atoms with Gasteiger partial charge in [0.25, 0.3) is 5.91 Å². The molecule has 2 N–H and O–H groups in total. The largest absolute Gasteiger partial charge is 0.381 e. The van der Waals surface area contributed by atoms with Gasteiger partial charge in [0.15, 0.2) is 0 Å². The van der Waals surface area contributed by atoms with Crippen LogP contribution in [0.25, 0.3) is 0 Å². The lowest BCUT2D eigenvalue weighted by atomic mass is 9.98. The Morgan fingerprint density at radius 2 is 2.26 bits per heavy atom. The highest BCUT2D eigenvalue weighted by Gasteiger charge is 2.32. The fourth-order valence-corrected chi connectivity index (χ4v) is 2.51. The molecule has 2 rings (SSSR count). The highest BCUT2D eigenvalue weighted by Crippen LogP contribution is 2.22. The normalized spacial score (nSPS) is 23.4. The molecule has 1 aromatic carbocycles. The zero-order valence-corrected chi connectivity index (χ0v) is 11.0. The summed E-state index contributed by atoms with van der Waals surface area (Å²) in [5.74, 6) is -0.778. The van der Waals surface area contributed by atoms with Crippen LogP contribution in [0.5, 0.6) is 0 Å². The number of rotatable bonds is 3. The quantitative estimate of drug-likeness (QED) is 0.900.